The third kappa shape index (κ3) is 39.3. The highest BCUT2D eigenvalue weighted by Crippen LogP contribution is 2.15. The van der Waals surface area contributed by atoms with Gasteiger partial charge in [0.05, 0.1) is 0 Å². The van der Waals surface area contributed by atoms with E-state index in [1.54, 1.807) is 0 Å². The number of carbonyl (C=O) groups excluding carboxylic acids is 3. The van der Waals surface area contributed by atoms with Gasteiger partial charge < -0.3 is 0 Å². The van der Waals surface area contributed by atoms with Gasteiger partial charge in [-0.3, -0.25) is 14.4 Å². The first-order chi connectivity index (χ1) is 24.6. The predicted octanol–water partition coefficient (Wildman–Crippen LogP) is 15.7. The summed E-state index contributed by atoms with van der Waals surface area (Å²) in [4.78, 5) is 36.6. The van der Waals surface area contributed by atoms with Gasteiger partial charge in [-0.15, -0.1) is 0 Å². The van der Waals surface area contributed by atoms with Crippen LogP contribution in [0.3, 0.4) is 0 Å². The van der Waals surface area contributed by atoms with Crippen molar-refractivity contribution < 1.29 is 14.4 Å². The number of Topliss-reactive ketones (excluding diaryl/α,β-unsaturated/α-hetero) is 3. The maximum atomic E-state index is 12.2. The lowest BCUT2D eigenvalue weighted by atomic mass is 10.0. The van der Waals surface area contributed by atoms with Crippen LogP contribution in [0.25, 0.3) is 0 Å². The van der Waals surface area contributed by atoms with Gasteiger partial charge >= 0.3 is 0 Å². The molecule has 0 radical (unpaired) electrons. The van der Waals surface area contributed by atoms with Crippen LogP contribution in [0, 0.1) is 0 Å². The molecule has 0 atom stereocenters. The second-order valence-corrected chi connectivity index (χ2v) is 15.4. The van der Waals surface area contributed by atoms with E-state index in [0.717, 1.165) is 32.1 Å². The molecule has 50 heavy (non-hydrogen) atoms. The molecule has 3 heteroatoms. The van der Waals surface area contributed by atoms with Crippen molar-refractivity contribution in [3.05, 3.63) is 24.3 Å². The van der Waals surface area contributed by atoms with Crippen LogP contribution < -0.4 is 0 Å². The Morgan fingerprint density at radius 2 is 0.540 bits per heavy atom. The molecule has 3 nitrogen and oxygen atoms in total. The van der Waals surface area contributed by atoms with Crippen LogP contribution in [-0.4, -0.2) is 17.3 Å². The van der Waals surface area contributed by atoms with Crippen molar-refractivity contribution in [2.24, 2.45) is 0 Å². The van der Waals surface area contributed by atoms with Crippen LogP contribution in [-0.2, 0) is 14.4 Å². The van der Waals surface area contributed by atoms with Crippen molar-refractivity contribution in [3.63, 3.8) is 0 Å². The van der Waals surface area contributed by atoms with Crippen molar-refractivity contribution >= 4 is 17.3 Å². The van der Waals surface area contributed by atoms with Crippen molar-refractivity contribution in [2.75, 3.05) is 0 Å². The standard InChI is InChI=1S/C47H86O3/c1-3-5-7-9-11-13-15-17-19-21-23-25-27-29-31-33-35-37-39-41-45(48)43-44-47(50)46(49)42-40-38-36-34-32-30-28-26-24-22-20-18-16-14-12-10-8-6-4-2/h17-20H,3-16,21-44H2,1-2H3. The molecule has 0 heterocycles. The molecule has 0 aliphatic rings. The molecule has 0 aromatic heterocycles. The van der Waals surface area contributed by atoms with Gasteiger partial charge in [0, 0.05) is 25.7 Å². The van der Waals surface area contributed by atoms with Crippen LogP contribution in [0.15, 0.2) is 24.3 Å². The van der Waals surface area contributed by atoms with E-state index >= 15 is 0 Å². The Bertz CT molecular complexity index is 794. The van der Waals surface area contributed by atoms with Gasteiger partial charge in [0.25, 0.3) is 0 Å². The summed E-state index contributed by atoms with van der Waals surface area (Å²) in [7, 11) is 0. The van der Waals surface area contributed by atoms with E-state index in [0.29, 0.717) is 12.8 Å². The summed E-state index contributed by atoms with van der Waals surface area (Å²) in [5, 5.41) is 0. The van der Waals surface area contributed by atoms with Crippen LogP contribution in [0.1, 0.15) is 258 Å². The van der Waals surface area contributed by atoms with Gasteiger partial charge in [-0.1, -0.05) is 192 Å². The van der Waals surface area contributed by atoms with Gasteiger partial charge in [0.1, 0.15) is 5.78 Å². The molecule has 0 amide bonds. The smallest absolute Gasteiger partial charge is 0.198 e. The van der Waals surface area contributed by atoms with Crippen molar-refractivity contribution in [1.82, 2.24) is 0 Å². The number of hydrogen-bond acceptors (Lipinski definition) is 3. The monoisotopic (exact) mass is 699 g/mol. The predicted molar refractivity (Wildman–Crippen MR) is 220 cm³/mol. The zero-order valence-corrected chi connectivity index (χ0v) is 33.9. The van der Waals surface area contributed by atoms with Crippen molar-refractivity contribution in [2.45, 2.75) is 258 Å². The Hall–Kier alpha value is -1.51. The van der Waals surface area contributed by atoms with Gasteiger partial charge in [-0.25, -0.2) is 0 Å². The van der Waals surface area contributed by atoms with Gasteiger partial charge in [0.15, 0.2) is 11.6 Å². The number of hydrogen-bond donors (Lipinski definition) is 0. The summed E-state index contributed by atoms with van der Waals surface area (Å²) >= 11 is 0. The molecule has 0 aromatic rings. The van der Waals surface area contributed by atoms with Crippen molar-refractivity contribution in [3.8, 4) is 0 Å². The zero-order valence-electron chi connectivity index (χ0n) is 33.9. The van der Waals surface area contributed by atoms with Gasteiger partial charge in [-0.2, -0.15) is 0 Å². The molecule has 0 spiro atoms. The number of allylic oxidation sites excluding steroid dienone is 4. The molecule has 0 aliphatic carbocycles. The number of ketones is 3. The molecule has 0 saturated carbocycles. The van der Waals surface area contributed by atoms with Crippen molar-refractivity contribution in [1.29, 1.82) is 0 Å². The quantitative estimate of drug-likeness (QED) is 0.0362. The molecule has 0 saturated heterocycles. The minimum atomic E-state index is -0.334. The minimum Gasteiger partial charge on any atom is -0.300 e. The third-order valence-electron chi connectivity index (χ3n) is 10.3. The molecule has 0 aliphatic heterocycles. The summed E-state index contributed by atoms with van der Waals surface area (Å²) in [5.41, 5.74) is 0. The Morgan fingerprint density at radius 1 is 0.280 bits per heavy atom. The SMILES string of the molecule is CCCCCCCCC=CCCCCCCCCCCCC(=O)CCC(=O)C(=O)CCCCCCCCCCCC=CCCCCCCCC. The lowest BCUT2D eigenvalue weighted by Crippen LogP contribution is -2.15. The molecule has 0 rings (SSSR count). The zero-order chi connectivity index (χ0) is 36.4. The number of unbranched alkanes of at least 4 members (excludes halogenated alkanes) is 30. The van der Waals surface area contributed by atoms with E-state index in [1.807, 2.05) is 0 Å². The van der Waals surface area contributed by atoms with E-state index in [4.69, 9.17) is 0 Å². The molecular weight excluding hydrogens is 613 g/mol. The van der Waals surface area contributed by atoms with Crippen LogP contribution in [0.2, 0.25) is 0 Å². The summed E-state index contributed by atoms with van der Waals surface area (Å²) < 4.78 is 0. The molecular formula is C47H86O3. The molecule has 0 fully saturated rings. The molecule has 0 unspecified atom stereocenters. The minimum absolute atomic E-state index is 0.113. The van der Waals surface area contributed by atoms with Crippen LogP contribution in [0.4, 0.5) is 0 Å². The lowest BCUT2D eigenvalue weighted by molar-refractivity contribution is -0.137. The largest absolute Gasteiger partial charge is 0.300 e. The van der Waals surface area contributed by atoms with E-state index in [9.17, 15) is 14.4 Å². The van der Waals surface area contributed by atoms with Gasteiger partial charge in [-0.05, 0) is 64.2 Å². The highest BCUT2D eigenvalue weighted by atomic mass is 16.2. The number of carbonyl (C=O) groups is 3. The number of rotatable bonds is 42. The highest BCUT2D eigenvalue weighted by Gasteiger charge is 2.15. The topological polar surface area (TPSA) is 51.2 Å². The average molecular weight is 699 g/mol. The summed E-state index contributed by atoms with van der Waals surface area (Å²) in [6.07, 6.45) is 54.3. The first-order valence-corrected chi connectivity index (χ1v) is 22.5. The Kier molecular flexibility index (Phi) is 40.6. The first-order valence-electron chi connectivity index (χ1n) is 22.5. The fourth-order valence-corrected chi connectivity index (χ4v) is 6.82. The molecule has 0 N–H and O–H groups in total. The maximum Gasteiger partial charge on any atom is 0.198 e. The summed E-state index contributed by atoms with van der Waals surface area (Å²) in [5.74, 6) is -0.453. The van der Waals surface area contributed by atoms with E-state index < -0.39 is 0 Å². The molecule has 0 bridgehead atoms. The summed E-state index contributed by atoms with van der Waals surface area (Å²) in [6, 6.07) is 0. The molecule has 292 valence electrons. The third-order valence-corrected chi connectivity index (χ3v) is 10.3. The molecule has 0 aromatic carbocycles. The van der Waals surface area contributed by atoms with E-state index in [-0.39, 0.29) is 30.2 Å². The first kappa shape index (κ1) is 48.5. The summed E-state index contributed by atoms with van der Waals surface area (Å²) in [6.45, 7) is 4.55. The van der Waals surface area contributed by atoms with Crippen LogP contribution in [0.5, 0.6) is 0 Å². The van der Waals surface area contributed by atoms with E-state index in [1.165, 1.54) is 186 Å². The highest BCUT2D eigenvalue weighted by molar-refractivity contribution is 6.37. The normalized spacial score (nSPS) is 11.7. The Labute approximate surface area is 313 Å². The van der Waals surface area contributed by atoms with Crippen LogP contribution >= 0.6 is 0 Å². The Morgan fingerprint density at radius 3 is 0.880 bits per heavy atom. The fourth-order valence-electron chi connectivity index (χ4n) is 6.82. The average Bonchev–Trinajstić information content (AvgIpc) is 3.12. The van der Waals surface area contributed by atoms with E-state index in [2.05, 4.69) is 38.2 Å². The maximum absolute atomic E-state index is 12.2. The lowest BCUT2D eigenvalue weighted by Gasteiger charge is -2.04. The van der Waals surface area contributed by atoms with Gasteiger partial charge in [0.2, 0.25) is 0 Å². The second-order valence-electron chi connectivity index (χ2n) is 15.4. The Balaban J connectivity index is 3.41. The second kappa shape index (κ2) is 41.9. The fraction of sp³-hybridized carbons (Fsp3) is 0.851.